The second-order valence-corrected chi connectivity index (χ2v) is 12.1. The number of amides is 2. The van der Waals surface area contributed by atoms with E-state index in [0.29, 0.717) is 23.2 Å². The Hall–Kier alpha value is -3.89. The Bertz CT molecular complexity index is 1450. The first kappa shape index (κ1) is 29.1. The number of hydrogen-bond donors (Lipinski definition) is 4. The topological polar surface area (TPSA) is 150 Å². The molecule has 0 aromatic heterocycles. The lowest BCUT2D eigenvalue weighted by atomic mass is 9.89. The second-order valence-electron chi connectivity index (χ2n) is 10.3. The maximum Gasteiger partial charge on any atom is 0.407 e. The Morgan fingerprint density at radius 1 is 1.00 bits per heavy atom. The molecule has 0 unspecified atom stereocenters. The molecule has 40 heavy (non-hydrogen) atoms. The Morgan fingerprint density at radius 2 is 1.62 bits per heavy atom. The van der Waals surface area contributed by atoms with E-state index in [1.807, 2.05) is 36.4 Å². The average molecular weight is 566 g/mol. The molecule has 1 aliphatic carbocycles. The first-order valence-corrected chi connectivity index (χ1v) is 15.2. The summed E-state index contributed by atoms with van der Waals surface area (Å²) >= 11 is 0. The van der Waals surface area contributed by atoms with Crippen molar-refractivity contribution < 1.29 is 28.2 Å². The maximum atomic E-state index is 12.7. The van der Waals surface area contributed by atoms with E-state index in [2.05, 4.69) is 4.72 Å². The molecule has 1 saturated carbocycles. The molecule has 0 radical (unpaired) electrons. The van der Waals surface area contributed by atoms with Crippen LogP contribution in [0.1, 0.15) is 64.8 Å². The number of aliphatic hydroxyl groups is 1. The van der Waals surface area contributed by atoms with Gasteiger partial charge < -0.3 is 20.8 Å². The highest BCUT2D eigenvalue weighted by Gasteiger charge is 2.24. The van der Waals surface area contributed by atoms with Crippen molar-refractivity contribution in [2.24, 2.45) is 0 Å². The molecule has 1 aliphatic rings. The standard InChI is InChI=1S/C30H35N3O6S/c1-40(38,39)32-29(35)26-15-12-24(18-27(26)22-4-2-3-5-22)21-8-6-20(7-9-21)16-17-33(30(36)37)19-28(34)23-10-13-25(31)14-11-23/h6-15,18,22,28,34H,2-5,16-17,19,31H2,1H3,(H,32,35)(H,36,37)/t28-/m0/s1. The van der Waals surface area contributed by atoms with E-state index >= 15 is 0 Å². The number of nitrogens with one attached hydrogen (secondary N) is 1. The molecule has 0 spiro atoms. The van der Waals surface area contributed by atoms with Crippen molar-refractivity contribution in [1.29, 1.82) is 0 Å². The summed E-state index contributed by atoms with van der Waals surface area (Å²) < 4.78 is 25.4. The van der Waals surface area contributed by atoms with Crippen LogP contribution in [-0.2, 0) is 16.4 Å². The summed E-state index contributed by atoms with van der Waals surface area (Å²) in [5.74, 6) is -0.416. The molecule has 3 aromatic rings. The van der Waals surface area contributed by atoms with Crippen LogP contribution in [0.4, 0.5) is 10.5 Å². The van der Waals surface area contributed by atoms with Gasteiger partial charge in [-0.1, -0.05) is 61.4 Å². The van der Waals surface area contributed by atoms with Crippen molar-refractivity contribution in [2.75, 3.05) is 25.1 Å². The molecule has 0 saturated heterocycles. The predicted octanol–water partition coefficient (Wildman–Crippen LogP) is 4.54. The molecule has 10 heteroatoms. The molecule has 5 N–H and O–H groups in total. The minimum absolute atomic E-state index is 0.0550. The SMILES string of the molecule is CS(=O)(=O)NC(=O)c1ccc(-c2ccc(CCN(C[C@H](O)c3ccc(N)cc3)C(=O)O)cc2)cc1C1CCCC1. The van der Waals surface area contributed by atoms with Gasteiger partial charge >= 0.3 is 6.09 Å². The molecule has 3 aromatic carbocycles. The molecular formula is C30H35N3O6S. The van der Waals surface area contributed by atoms with E-state index in [1.165, 1.54) is 4.90 Å². The number of nitrogen functional groups attached to an aromatic ring is 1. The van der Waals surface area contributed by atoms with Crippen LogP contribution < -0.4 is 10.5 Å². The van der Waals surface area contributed by atoms with Gasteiger partial charge in [0.1, 0.15) is 0 Å². The molecule has 9 nitrogen and oxygen atoms in total. The zero-order valence-electron chi connectivity index (χ0n) is 22.4. The molecular weight excluding hydrogens is 530 g/mol. The smallest absolute Gasteiger partial charge is 0.407 e. The number of aliphatic hydroxyl groups excluding tert-OH is 1. The van der Waals surface area contributed by atoms with Crippen molar-refractivity contribution in [3.63, 3.8) is 0 Å². The number of anilines is 1. The highest BCUT2D eigenvalue weighted by atomic mass is 32.2. The molecule has 4 rings (SSSR count). The summed E-state index contributed by atoms with van der Waals surface area (Å²) in [5.41, 5.74) is 10.9. The Labute approximate surface area is 234 Å². The molecule has 1 atom stereocenters. The van der Waals surface area contributed by atoms with Gasteiger partial charge in [0.25, 0.3) is 5.91 Å². The Kier molecular flexibility index (Phi) is 9.11. The van der Waals surface area contributed by atoms with Crippen LogP contribution >= 0.6 is 0 Å². The average Bonchev–Trinajstić information content (AvgIpc) is 3.45. The molecule has 0 bridgehead atoms. The van der Waals surface area contributed by atoms with Gasteiger partial charge in [-0.2, -0.15) is 0 Å². The van der Waals surface area contributed by atoms with Gasteiger partial charge in [-0.15, -0.1) is 0 Å². The number of hydrogen-bond acceptors (Lipinski definition) is 6. The number of benzene rings is 3. The van der Waals surface area contributed by atoms with Crippen LogP contribution in [0.5, 0.6) is 0 Å². The third kappa shape index (κ3) is 7.61. The summed E-state index contributed by atoms with van der Waals surface area (Å²) in [4.78, 5) is 25.7. The first-order chi connectivity index (χ1) is 19.0. The monoisotopic (exact) mass is 565 g/mol. The second kappa shape index (κ2) is 12.5. The Balaban J connectivity index is 1.46. The highest BCUT2D eigenvalue weighted by Crippen LogP contribution is 2.38. The molecule has 2 amide bonds. The van der Waals surface area contributed by atoms with Gasteiger partial charge in [0, 0.05) is 17.8 Å². The lowest BCUT2D eigenvalue weighted by Gasteiger charge is -2.23. The van der Waals surface area contributed by atoms with Crippen molar-refractivity contribution >= 4 is 27.7 Å². The lowest BCUT2D eigenvalue weighted by Crippen LogP contribution is -2.35. The van der Waals surface area contributed by atoms with Crippen LogP contribution in [0.2, 0.25) is 0 Å². The maximum absolute atomic E-state index is 12.7. The summed E-state index contributed by atoms with van der Waals surface area (Å²) in [6.45, 7) is 0.164. The van der Waals surface area contributed by atoms with Crippen molar-refractivity contribution in [2.45, 2.75) is 44.1 Å². The van der Waals surface area contributed by atoms with Crippen molar-refractivity contribution in [3.05, 3.63) is 89.0 Å². The number of carbonyl (C=O) groups is 2. The lowest BCUT2D eigenvalue weighted by molar-refractivity contribution is 0.0971. The number of nitrogens with two attached hydrogens (primary N) is 1. The fraction of sp³-hybridized carbons (Fsp3) is 0.333. The van der Waals surface area contributed by atoms with Crippen molar-refractivity contribution in [3.8, 4) is 11.1 Å². The summed E-state index contributed by atoms with van der Waals surface area (Å²) in [6, 6.07) is 20.0. The van der Waals surface area contributed by atoms with E-state index in [4.69, 9.17) is 5.73 Å². The number of carbonyl (C=O) groups excluding carboxylic acids is 1. The van der Waals surface area contributed by atoms with Gasteiger partial charge in [-0.25, -0.2) is 17.9 Å². The zero-order valence-corrected chi connectivity index (χ0v) is 23.2. The van der Waals surface area contributed by atoms with Gasteiger partial charge in [-0.05, 0) is 71.2 Å². The summed E-state index contributed by atoms with van der Waals surface area (Å²) in [7, 11) is -3.68. The van der Waals surface area contributed by atoms with Crippen LogP contribution in [0.25, 0.3) is 11.1 Å². The molecule has 212 valence electrons. The van der Waals surface area contributed by atoms with Gasteiger partial charge in [-0.3, -0.25) is 4.79 Å². The van der Waals surface area contributed by atoms with E-state index in [-0.39, 0.29) is 19.0 Å². The van der Waals surface area contributed by atoms with Crippen LogP contribution in [0, 0.1) is 0 Å². The van der Waals surface area contributed by atoms with Gasteiger partial charge in [0.2, 0.25) is 10.0 Å². The number of sulfonamides is 1. The summed E-state index contributed by atoms with van der Waals surface area (Å²) in [5, 5.41) is 20.2. The Morgan fingerprint density at radius 3 is 2.23 bits per heavy atom. The highest BCUT2D eigenvalue weighted by molar-refractivity contribution is 7.89. The quantitative estimate of drug-likeness (QED) is 0.264. The van der Waals surface area contributed by atoms with Gasteiger partial charge in [0.05, 0.1) is 18.9 Å². The van der Waals surface area contributed by atoms with Crippen LogP contribution in [0.3, 0.4) is 0 Å². The minimum Gasteiger partial charge on any atom is -0.465 e. The van der Waals surface area contributed by atoms with E-state index < -0.39 is 28.1 Å². The molecule has 0 heterocycles. The van der Waals surface area contributed by atoms with E-state index in [9.17, 15) is 28.2 Å². The third-order valence-corrected chi connectivity index (χ3v) is 7.87. The fourth-order valence-electron chi connectivity index (χ4n) is 5.17. The predicted molar refractivity (Wildman–Crippen MR) is 155 cm³/mol. The van der Waals surface area contributed by atoms with E-state index in [0.717, 1.165) is 54.2 Å². The first-order valence-electron chi connectivity index (χ1n) is 13.3. The molecule has 1 fully saturated rings. The van der Waals surface area contributed by atoms with E-state index in [1.54, 1.807) is 30.3 Å². The largest absolute Gasteiger partial charge is 0.465 e. The molecule has 0 aliphatic heterocycles. The van der Waals surface area contributed by atoms with Crippen LogP contribution in [-0.4, -0.2) is 54.9 Å². The number of rotatable bonds is 10. The number of nitrogens with zero attached hydrogens (tertiary/aromatic N) is 1. The summed E-state index contributed by atoms with van der Waals surface area (Å²) in [6.07, 6.45) is 3.42. The third-order valence-electron chi connectivity index (χ3n) is 7.31. The fourth-order valence-corrected chi connectivity index (χ4v) is 5.62. The minimum atomic E-state index is -3.68. The normalized spacial score (nSPS) is 14.6. The van der Waals surface area contributed by atoms with Gasteiger partial charge in [0.15, 0.2) is 0 Å². The zero-order chi connectivity index (χ0) is 28.9. The van der Waals surface area contributed by atoms with Crippen LogP contribution in [0.15, 0.2) is 66.7 Å². The van der Waals surface area contributed by atoms with Crippen molar-refractivity contribution in [1.82, 2.24) is 9.62 Å². The number of carboxylic acid groups (broad SMARTS) is 1.